The molecule has 1 aliphatic carbocycles. The molecule has 1 aliphatic rings. The summed E-state index contributed by atoms with van der Waals surface area (Å²) in [5, 5.41) is 0. The van der Waals surface area contributed by atoms with Crippen molar-refractivity contribution in [3.8, 4) is 0 Å². The molecular formula is C11H18N2O. The molecule has 2 rings (SSSR count). The Kier molecular flexibility index (Phi) is 2.89. The van der Waals surface area contributed by atoms with Crippen molar-refractivity contribution in [3.05, 3.63) is 23.7 Å². The van der Waals surface area contributed by atoms with E-state index in [9.17, 15) is 0 Å². The molecule has 3 nitrogen and oxygen atoms in total. The molecule has 1 aromatic rings. The van der Waals surface area contributed by atoms with Gasteiger partial charge in [-0.25, -0.2) is 0 Å². The Morgan fingerprint density at radius 2 is 2.36 bits per heavy atom. The largest absolute Gasteiger partial charge is 0.468 e. The lowest BCUT2D eigenvalue weighted by Gasteiger charge is -2.17. The summed E-state index contributed by atoms with van der Waals surface area (Å²) >= 11 is 0. The van der Waals surface area contributed by atoms with Crippen LogP contribution in [0.5, 0.6) is 0 Å². The van der Waals surface area contributed by atoms with E-state index in [0.29, 0.717) is 6.54 Å². The molecule has 3 heteroatoms. The van der Waals surface area contributed by atoms with Crippen molar-refractivity contribution in [2.24, 2.45) is 5.73 Å². The molecule has 0 amide bonds. The van der Waals surface area contributed by atoms with Crippen molar-refractivity contribution >= 4 is 0 Å². The lowest BCUT2D eigenvalue weighted by Crippen LogP contribution is -2.24. The molecule has 1 aromatic heterocycles. The molecule has 0 saturated heterocycles. The summed E-state index contributed by atoms with van der Waals surface area (Å²) in [6, 6.07) is 2.86. The van der Waals surface area contributed by atoms with Gasteiger partial charge in [0.05, 0.1) is 12.8 Å². The minimum absolute atomic E-state index is 0.569. The topological polar surface area (TPSA) is 42.4 Å². The van der Waals surface area contributed by atoms with Gasteiger partial charge in [0.15, 0.2) is 0 Å². The van der Waals surface area contributed by atoms with E-state index in [1.807, 2.05) is 0 Å². The summed E-state index contributed by atoms with van der Waals surface area (Å²) in [7, 11) is 0. The van der Waals surface area contributed by atoms with Crippen molar-refractivity contribution in [1.82, 2.24) is 4.90 Å². The third-order valence-electron chi connectivity index (χ3n) is 2.77. The summed E-state index contributed by atoms with van der Waals surface area (Å²) in [6.07, 6.45) is 4.45. The third-order valence-corrected chi connectivity index (χ3v) is 2.77. The van der Waals surface area contributed by atoms with Crippen LogP contribution < -0.4 is 5.73 Å². The van der Waals surface area contributed by atoms with E-state index < -0.39 is 0 Å². The first-order valence-corrected chi connectivity index (χ1v) is 5.34. The smallest absolute Gasteiger partial charge is 0.118 e. The molecule has 0 aliphatic heterocycles. The second kappa shape index (κ2) is 4.15. The number of furan rings is 1. The van der Waals surface area contributed by atoms with Gasteiger partial charge in [0.1, 0.15) is 5.76 Å². The molecule has 0 radical (unpaired) electrons. The first-order chi connectivity index (χ1) is 6.83. The second-order valence-electron chi connectivity index (χ2n) is 3.92. The fourth-order valence-electron chi connectivity index (χ4n) is 1.76. The molecule has 0 atom stereocenters. The predicted molar refractivity (Wildman–Crippen MR) is 55.7 cm³/mol. The first kappa shape index (κ1) is 9.74. The van der Waals surface area contributed by atoms with E-state index >= 15 is 0 Å². The van der Waals surface area contributed by atoms with E-state index in [0.717, 1.165) is 30.5 Å². The van der Waals surface area contributed by atoms with Crippen LogP contribution in [-0.2, 0) is 13.1 Å². The van der Waals surface area contributed by atoms with Gasteiger partial charge in [-0.3, -0.25) is 4.90 Å². The Balaban J connectivity index is 1.94. The number of hydrogen-bond donors (Lipinski definition) is 1. The standard InChI is InChI=1S/C11H18N2O/c1-2-13(10-3-4-10)7-11-5-9(6-12)8-14-11/h5,8,10H,2-4,6-7,12H2,1H3. The van der Waals surface area contributed by atoms with Crippen LogP contribution in [0.2, 0.25) is 0 Å². The monoisotopic (exact) mass is 194 g/mol. The summed E-state index contributed by atoms with van der Waals surface area (Å²) in [5.74, 6) is 1.04. The molecule has 2 N–H and O–H groups in total. The summed E-state index contributed by atoms with van der Waals surface area (Å²) in [4.78, 5) is 2.46. The quantitative estimate of drug-likeness (QED) is 0.776. The van der Waals surface area contributed by atoms with Gasteiger partial charge in [-0.2, -0.15) is 0 Å². The summed E-state index contributed by atoms with van der Waals surface area (Å²) in [6.45, 7) is 4.80. The maximum absolute atomic E-state index is 5.53. The highest BCUT2D eigenvalue weighted by Crippen LogP contribution is 2.28. The summed E-state index contributed by atoms with van der Waals surface area (Å²) < 4.78 is 5.44. The minimum Gasteiger partial charge on any atom is -0.468 e. The second-order valence-corrected chi connectivity index (χ2v) is 3.92. The van der Waals surface area contributed by atoms with E-state index in [-0.39, 0.29) is 0 Å². The zero-order chi connectivity index (χ0) is 9.97. The van der Waals surface area contributed by atoms with Crippen molar-refractivity contribution in [2.45, 2.75) is 38.9 Å². The van der Waals surface area contributed by atoms with E-state index in [4.69, 9.17) is 10.2 Å². The van der Waals surface area contributed by atoms with Crippen LogP contribution in [0.25, 0.3) is 0 Å². The fourth-order valence-corrected chi connectivity index (χ4v) is 1.76. The van der Waals surface area contributed by atoms with Gasteiger partial charge in [0.25, 0.3) is 0 Å². The average molecular weight is 194 g/mol. The van der Waals surface area contributed by atoms with Crippen molar-refractivity contribution in [1.29, 1.82) is 0 Å². The Labute approximate surface area is 84.9 Å². The SMILES string of the molecule is CCN(Cc1cc(CN)co1)C1CC1. The van der Waals surface area contributed by atoms with Crippen molar-refractivity contribution < 1.29 is 4.42 Å². The molecule has 0 aromatic carbocycles. The Hall–Kier alpha value is -0.800. The van der Waals surface area contributed by atoms with Gasteiger partial charge < -0.3 is 10.2 Å². The van der Waals surface area contributed by atoms with Gasteiger partial charge in [-0.05, 0) is 25.5 Å². The average Bonchev–Trinajstić information content (AvgIpc) is 2.95. The number of rotatable bonds is 5. The zero-order valence-corrected chi connectivity index (χ0v) is 8.70. The highest BCUT2D eigenvalue weighted by atomic mass is 16.3. The Bertz CT molecular complexity index is 291. The normalized spacial score (nSPS) is 16.5. The van der Waals surface area contributed by atoms with Crippen LogP contribution in [0.4, 0.5) is 0 Å². The lowest BCUT2D eigenvalue weighted by molar-refractivity contribution is 0.246. The van der Waals surface area contributed by atoms with E-state index in [2.05, 4.69) is 17.9 Å². The number of hydrogen-bond acceptors (Lipinski definition) is 3. The fraction of sp³-hybridized carbons (Fsp3) is 0.636. The molecule has 1 heterocycles. The molecule has 1 fully saturated rings. The third kappa shape index (κ3) is 2.16. The Morgan fingerprint density at radius 3 is 2.86 bits per heavy atom. The number of nitrogens with zero attached hydrogens (tertiary/aromatic N) is 1. The van der Waals surface area contributed by atoms with Gasteiger partial charge in [0.2, 0.25) is 0 Å². The highest BCUT2D eigenvalue weighted by Gasteiger charge is 2.28. The van der Waals surface area contributed by atoms with Gasteiger partial charge in [-0.1, -0.05) is 6.92 Å². The van der Waals surface area contributed by atoms with Crippen LogP contribution in [0.3, 0.4) is 0 Å². The predicted octanol–water partition coefficient (Wildman–Crippen LogP) is 1.72. The Morgan fingerprint density at radius 1 is 1.57 bits per heavy atom. The van der Waals surface area contributed by atoms with Crippen LogP contribution >= 0.6 is 0 Å². The molecular weight excluding hydrogens is 176 g/mol. The summed E-state index contributed by atoms with van der Waals surface area (Å²) in [5.41, 5.74) is 6.61. The van der Waals surface area contributed by atoms with Crippen LogP contribution in [0.15, 0.2) is 16.7 Å². The number of nitrogens with two attached hydrogens (primary N) is 1. The maximum atomic E-state index is 5.53. The first-order valence-electron chi connectivity index (χ1n) is 5.34. The van der Waals surface area contributed by atoms with Gasteiger partial charge in [-0.15, -0.1) is 0 Å². The van der Waals surface area contributed by atoms with Crippen molar-refractivity contribution in [3.63, 3.8) is 0 Å². The molecule has 0 unspecified atom stereocenters. The molecule has 1 saturated carbocycles. The molecule has 0 bridgehead atoms. The van der Waals surface area contributed by atoms with Crippen LogP contribution in [0, 0.1) is 0 Å². The lowest BCUT2D eigenvalue weighted by atomic mass is 10.3. The van der Waals surface area contributed by atoms with Gasteiger partial charge in [0, 0.05) is 18.2 Å². The van der Waals surface area contributed by atoms with Crippen LogP contribution in [0.1, 0.15) is 31.1 Å². The molecule has 14 heavy (non-hydrogen) atoms. The maximum Gasteiger partial charge on any atom is 0.118 e. The van der Waals surface area contributed by atoms with Crippen LogP contribution in [-0.4, -0.2) is 17.5 Å². The molecule has 0 spiro atoms. The van der Waals surface area contributed by atoms with E-state index in [1.54, 1.807) is 6.26 Å². The minimum atomic E-state index is 0.569. The zero-order valence-electron chi connectivity index (χ0n) is 8.70. The highest BCUT2D eigenvalue weighted by molar-refractivity contribution is 5.12. The van der Waals surface area contributed by atoms with Gasteiger partial charge >= 0.3 is 0 Å². The van der Waals surface area contributed by atoms with E-state index in [1.165, 1.54) is 12.8 Å². The molecule has 78 valence electrons. The van der Waals surface area contributed by atoms with Crippen molar-refractivity contribution in [2.75, 3.05) is 6.54 Å².